The molecule has 0 unspecified atom stereocenters. The number of piperidine rings is 1. The van der Waals surface area contributed by atoms with Crippen molar-refractivity contribution >= 4 is 22.2 Å². The molecule has 29 heavy (non-hydrogen) atoms. The molecule has 0 aromatic heterocycles. The Morgan fingerprint density at radius 3 is 2.34 bits per heavy atom. The zero-order valence-corrected chi connectivity index (χ0v) is 17.7. The lowest BCUT2D eigenvalue weighted by atomic mass is 9.77. The fraction of sp³-hybridized carbons (Fsp3) is 0.600. The monoisotopic (exact) mass is 427 g/mol. The first-order valence-electron chi connectivity index (χ1n) is 9.77. The first-order chi connectivity index (χ1) is 13.7. The van der Waals surface area contributed by atoms with Crippen LogP contribution in [0.25, 0.3) is 0 Å². The first kappa shape index (κ1) is 23.2. The summed E-state index contributed by atoms with van der Waals surface area (Å²) in [4.78, 5) is 25.9. The van der Waals surface area contributed by atoms with Crippen molar-refractivity contribution in [1.82, 2.24) is 4.90 Å². The first-order valence-corrected chi connectivity index (χ1v) is 11.6. The number of rotatable bonds is 9. The Morgan fingerprint density at radius 1 is 1.21 bits per heavy atom. The Kier molecular flexibility index (Phi) is 8.04. The lowest BCUT2D eigenvalue weighted by Crippen LogP contribution is -2.53. The molecule has 0 aliphatic carbocycles. The van der Waals surface area contributed by atoms with Crippen molar-refractivity contribution in [1.29, 1.82) is 0 Å². The SMILES string of the molecule is CCCC[C@](OS(C)(=O)=O)(C(=O)O)C1CCN(C(=O)OCc2ccccc2)CC1. The lowest BCUT2D eigenvalue weighted by molar-refractivity contribution is -0.163. The molecular weight excluding hydrogens is 398 g/mol. The molecule has 1 amide bonds. The van der Waals surface area contributed by atoms with Crippen LogP contribution in [0.15, 0.2) is 30.3 Å². The van der Waals surface area contributed by atoms with Crippen molar-refractivity contribution in [2.45, 2.75) is 51.2 Å². The van der Waals surface area contributed by atoms with E-state index in [0.717, 1.165) is 11.8 Å². The summed E-state index contributed by atoms with van der Waals surface area (Å²) in [6.07, 6.45) is 2.40. The molecule has 0 radical (unpaired) electrons. The molecule has 1 aromatic carbocycles. The number of hydrogen-bond donors (Lipinski definition) is 1. The van der Waals surface area contributed by atoms with Crippen LogP contribution in [0.3, 0.4) is 0 Å². The van der Waals surface area contributed by atoms with Crippen LogP contribution in [-0.2, 0) is 30.4 Å². The van der Waals surface area contributed by atoms with Gasteiger partial charge in [-0.3, -0.25) is 4.18 Å². The number of hydrogen-bond acceptors (Lipinski definition) is 6. The van der Waals surface area contributed by atoms with Gasteiger partial charge in [0, 0.05) is 19.0 Å². The third-order valence-electron chi connectivity index (χ3n) is 5.18. The zero-order valence-electron chi connectivity index (χ0n) is 16.9. The third-order valence-corrected chi connectivity index (χ3v) is 5.78. The summed E-state index contributed by atoms with van der Waals surface area (Å²) in [7, 11) is -3.96. The van der Waals surface area contributed by atoms with Crippen molar-refractivity contribution in [3.8, 4) is 0 Å². The van der Waals surface area contributed by atoms with E-state index in [1.807, 2.05) is 37.3 Å². The Hall–Kier alpha value is -2.13. The topological polar surface area (TPSA) is 110 Å². The molecule has 0 bridgehead atoms. The fourth-order valence-corrected chi connectivity index (χ4v) is 4.51. The number of likely N-dealkylation sites (tertiary alicyclic amines) is 1. The van der Waals surface area contributed by atoms with Crippen LogP contribution in [0.4, 0.5) is 4.79 Å². The van der Waals surface area contributed by atoms with E-state index in [9.17, 15) is 23.1 Å². The smallest absolute Gasteiger partial charge is 0.410 e. The van der Waals surface area contributed by atoms with Gasteiger partial charge < -0.3 is 14.7 Å². The molecule has 1 saturated heterocycles. The second kappa shape index (κ2) is 10.1. The largest absolute Gasteiger partial charge is 0.479 e. The summed E-state index contributed by atoms with van der Waals surface area (Å²) in [5.41, 5.74) is -0.925. The molecule has 1 heterocycles. The molecule has 0 spiro atoms. The number of carbonyl (C=O) groups excluding carboxylic acids is 1. The minimum atomic E-state index is -3.96. The number of amides is 1. The van der Waals surface area contributed by atoms with Crippen molar-refractivity contribution in [3.63, 3.8) is 0 Å². The molecule has 2 rings (SSSR count). The summed E-state index contributed by atoms with van der Waals surface area (Å²) >= 11 is 0. The van der Waals surface area contributed by atoms with Gasteiger partial charge >= 0.3 is 12.1 Å². The van der Waals surface area contributed by atoms with E-state index in [2.05, 4.69) is 0 Å². The molecular formula is C20H29NO7S. The molecule has 0 saturated carbocycles. The van der Waals surface area contributed by atoms with Crippen LogP contribution in [0, 0.1) is 5.92 Å². The summed E-state index contributed by atoms with van der Waals surface area (Å²) in [6, 6.07) is 9.31. The lowest BCUT2D eigenvalue weighted by Gasteiger charge is -2.40. The second-order valence-corrected chi connectivity index (χ2v) is 8.96. The zero-order chi connectivity index (χ0) is 21.5. The third kappa shape index (κ3) is 6.43. The highest BCUT2D eigenvalue weighted by molar-refractivity contribution is 7.86. The van der Waals surface area contributed by atoms with Gasteiger partial charge in [-0.25, -0.2) is 9.59 Å². The maximum Gasteiger partial charge on any atom is 0.410 e. The predicted molar refractivity (Wildman–Crippen MR) is 107 cm³/mol. The van der Waals surface area contributed by atoms with Gasteiger partial charge in [0.2, 0.25) is 0 Å². The summed E-state index contributed by atoms with van der Waals surface area (Å²) < 4.78 is 34.1. The highest BCUT2D eigenvalue weighted by Gasteiger charge is 2.50. The minimum Gasteiger partial charge on any atom is -0.479 e. The summed E-state index contributed by atoms with van der Waals surface area (Å²) in [5, 5.41) is 9.86. The standard InChI is InChI=1S/C20H29NO7S/c1-3-4-12-20(18(22)23,28-29(2,25)26)17-10-13-21(14-11-17)19(24)27-15-16-8-6-5-7-9-16/h5-9,17H,3-4,10-15H2,1-2H3,(H,22,23)/t20-/m1/s1. The Balaban J connectivity index is 2.02. The maximum atomic E-state index is 12.3. The number of aliphatic carboxylic acids is 1. The Labute approximate surface area is 171 Å². The van der Waals surface area contributed by atoms with E-state index in [-0.39, 0.29) is 26.1 Å². The molecule has 1 aliphatic heterocycles. The van der Waals surface area contributed by atoms with E-state index in [0.29, 0.717) is 25.7 Å². The van der Waals surface area contributed by atoms with Crippen molar-refractivity contribution in [3.05, 3.63) is 35.9 Å². The number of carboxylic acids is 1. The quantitative estimate of drug-likeness (QED) is 0.603. The number of ether oxygens (including phenoxy) is 1. The second-order valence-electron chi connectivity index (χ2n) is 7.39. The van der Waals surface area contributed by atoms with Gasteiger partial charge in [0.25, 0.3) is 10.1 Å². The van der Waals surface area contributed by atoms with Gasteiger partial charge in [-0.1, -0.05) is 50.1 Å². The predicted octanol–water partition coefficient (Wildman–Crippen LogP) is 3.03. The molecule has 162 valence electrons. The van der Waals surface area contributed by atoms with Crippen molar-refractivity contribution < 1.29 is 32.0 Å². The van der Waals surface area contributed by atoms with Crippen LogP contribution in [0.5, 0.6) is 0 Å². The average molecular weight is 428 g/mol. The van der Waals surface area contributed by atoms with Crippen LogP contribution < -0.4 is 0 Å². The molecule has 9 heteroatoms. The Bertz CT molecular complexity index is 788. The van der Waals surface area contributed by atoms with Crippen LogP contribution in [-0.4, -0.2) is 55.4 Å². The van der Waals surface area contributed by atoms with Gasteiger partial charge in [-0.05, 0) is 24.8 Å². The minimum absolute atomic E-state index is 0.106. The number of unbranched alkanes of at least 4 members (excludes halogenated alkanes) is 1. The van der Waals surface area contributed by atoms with E-state index in [4.69, 9.17) is 8.92 Å². The normalized spacial score (nSPS) is 17.5. The maximum absolute atomic E-state index is 12.3. The van der Waals surface area contributed by atoms with Crippen molar-refractivity contribution in [2.24, 2.45) is 5.92 Å². The highest BCUT2D eigenvalue weighted by Crippen LogP contribution is 2.37. The number of carboxylic acid groups (broad SMARTS) is 1. The van der Waals surface area contributed by atoms with Gasteiger partial charge in [-0.15, -0.1) is 0 Å². The van der Waals surface area contributed by atoms with E-state index >= 15 is 0 Å². The summed E-state index contributed by atoms with van der Waals surface area (Å²) in [5.74, 6) is -1.79. The molecule has 1 fully saturated rings. The molecule has 1 aliphatic rings. The molecule has 8 nitrogen and oxygen atoms in total. The van der Waals surface area contributed by atoms with E-state index < -0.39 is 33.7 Å². The highest BCUT2D eigenvalue weighted by atomic mass is 32.2. The van der Waals surface area contributed by atoms with Gasteiger partial charge in [0.1, 0.15) is 6.61 Å². The molecule has 1 N–H and O–H groups in total. The number of carbonyl (C=O) groups is 2. The number of benzene rings is 1. The van der Waals surface area contributed by atoms with E-state index in [1.54, 1.807) is 0 Å². The van der Waals surface area contributed by atoms with Gasteiger partial charge in [-0.2, -0.15) is 8.42 Å². The van der Waals surface area contributed by atoms with Crippen molar-refractivity contribution in [2.75, 3.05) is 19.3 Å². The van der Waals surface area contributed by atoms with Gasteiger partial charge in [0.05, 0.1) is 6.26 Å². The summed E-state index contributed by atoms with van der Waals surface area (Å²) in [6.45, 7) is 2.63. The average Bonchev–Trinajstić information content (AvgIpc) is 2.69. The van der Waals surface area contributed by atoms with Crippen LogP contribution >= 0.6 is 0 Å². The number of nitrogens with zero attached hydrogens (tertiary/aromatic N) is 1. The fourth-order valence-electron chi connectivity index (χ4n) is 3.68. The molecule has 1 aromatic rings. The molecule has 1 atom stereocenters. The van der Waals surface area contributed by atoms with Crippen LogP contribution in [0.1, 0.15) is 44.6 Å². The van der Waals surface area contributed by atoms with Crippen LogP contribution in [0.2, 0.25) is 0 Å². The van der Waals surface area contributed by atoms with Gasteiger partial charge in [0.15, 0.2) is 5.60 Å². The Morgan fingerprint density at radius 2 is 1.83 bits per heavy atom. The van der Waals surface area contributed by atoms with E-state index in [1.165, 1.54) is 4.90 Å².